The maximum Gasteiger partial charge on any atom is 0.163 e. The second-order valence-electron chi connectivity index (χ2n) is 4.16. The highest BCUT2D eigenvalue weighted by Crippen LogP contribution is 2.26. The van der Waals surface area contributed by atoms with E-state index < -0.39 is 11.6 Å². The summed E-state index contributed by atoms with van der Waals surface area (Å²) in [5, 5.41) is 6.40. The highest BCUT2D eigenvalue weighted by molar-refractivity contribution is 5.23. The molecule has 1 aromatic carbocycles. The Hall–Kier alpha value is -1.00. The van der Waals surface area contributed by atoms with Crippen LogP contribution in [0.1, 0.15) is 24.4 Å². The molecule has 1 fully saturated rings. The molecule has 0 aromatic heterocycles. The van der Waals surface area contributed by atoms with Crippen LogP contribution in [-0.4, -0.2) is 19.6 Å². The van der Waals surface area contributed by atoms with E-state index >= 15 is 0 Å². The average Bonchev–Trinajstić information content (AvgIpc) is 2.33. The third kappa shape index (κ3) is 2.23. The lowest BCUT2D eigenvalue weighted by molar-refractivity contribution is 0.327. The summed E-state index contributed by atoms with van der Waals surface area (Å²) in [7, 11) is 1.90. The fourth-order valence-corrected chi connectivity index (χ4v) is 2.21. The number of hydrogen-bond acceptors (Lipinski definition) is 2. The zero-order chi connectivity index (χ0) is 11.5. The summed E-state index contributed by atoms with van der Waals surface area (Å²) in [6.07, 6.45) is 1.81. The fourth-order valence-electron chi connectivity index (χ4n) is 2.21. The van der Waals surface area contributed by atoms with Crippen LogP contribution in [0.4, 0.5) is 8.78 Å². The molecule has 0 spiro atoms. The van der Waals surface area contributed by atoms with Gasteiger partial charge in [0.05, 0.1) is 0 Å². The number of rotatable bonds is 2. The first kappa shape index (κ1) is 11.5. The van der Waals surface area contributed by atoms with Gasteiger partial charge in [-0.1, -0.05) is 12.1 Å². The van der Waals surface area contributed by atoms with Crippen molar-refractivity contribution in [2.45, 2.75) is 24.9 Å². The first-order valence-corrected chi connectivity index (χ1v) is 5.57. The predicted octanol–water partition coefficient (Wildman–Crippen LogP) is 1.98. The van der Waals surface area contributed by atoms with Gasteiger partial charge in [-0.15, -0.1) is 0 Å². The summed E-state index contributed by atoms with van der Waals surface area (Å²) < 4.78 is 26.7. The molecule has 1 aromatic rings. The van der Waals surface area contributed by atoms with Gasteiger partial charge in [-0.05, 0) is 32.5 Å². The Labute approximate surface area is 94.0 Å². The van der Waals surface area contributed by atoms with Crippen LogP contribution >= 0.6 is 0 Å². The van der Waals surface area contributed by atoms with Gasteiger partial charge in [0.25, 0.3) is 0 Å². The lowest BCUT2D eigenvalue weighted by atomic mass is 9.93. The molecule has 0 radical (unpaired) electrons. The highest BCUT2D eigenvalue weighted by Gasteiger charge is 2.24. The Morgan fingerprint density at radius 3 is 2.94 bits per heavy atom. The van der Waals surface area contributed by atoms with Gasteiger partial charge >= 0.3 is 0 Å². The largest absolute Gasteiger partial charge is 0.317 e. The minimum Gasteiger partial charge on any atom is -0.317 e. The molecule has 2 rings (SSSR count). The predicted molar refractivity (Wildman–Crippen MR) is 59.2 cm³/mol. The van der Waals surface area contributed by atoms with E-state index in [1.807, 2.05) is 7.05 Å². The Morgan fingerprint density at radius 2 is 2.19 bits per heavy atom. The van der Waals surface area contributed by atoms with Gasteiger partial charge in [-0.25, -0.2) is 8.78 Å². The lowest BCUT2D eigenvalue weighted by Gasteiger charge is -2.30. The van der Waals surface area contributed by atoms with Crippen LogP contribution in [0, 0.1) is 11.6 Å². The van der Waals surface area contributed by atoms with Crippen LogP contribution in [-0.2, 0) is 0 Å². The highest BCUT2D eigenvalue weighted by atomic mass is 19.2. The van der Waals surface area contributed by atoms with Crippen molar-refractivity contribution >= 4 is 0 Å². The molecule has 16 heavy (non-hydrogen) atoms. The summed E-state index contributed by atoms with van der Waals surface area (Å²) in [6.45, 7) is 0.826. The smallest absolute Gasteiger partial charge is 0.163 e. The van der Waals surface area contributed by atoms with Gasteiger partial charge in [0.1, 0.15) is 0 Å². The number of benzene rings is 1. The average molecular weight is 226 g/mol. The SMILES string of the molecule is CN[C@@H]1CCN[C@H](c2cccc(F)c2F)C1. The van der Waals surface area contributed by atoms with E-state index in [2.05, 4.69) is 10.6 Å². The molecule has 0 unspecified atom stereocenters. The summed E-state index contributed by atoms with van der Waals surface area (Å²) in [4.78, 5) is 0. The molecule has 2 atom stereocenters. The van der Waals surface area contributed by atoms with Crippen molar-refractivity contribution in [3.05, 3.63) is 35.4 Å². The quantitative estimate of drug-likeness (QED) is 0.805. The van der Waals surface area contributed by atoms with Crippen molar-refractivity contribution in [3.8, 4) is 0 Å². The molecule has 1 aliphatic heterocycles. The van der Waals surface area contributed by atoms with E-state index in [1.54, 1.807) is 12.1 Å². The molecular weight excluding hydrogens is 210 g/mol. The number of piperidine rings is 1. The zero-order valence-electron chi connectivity index (χ0n) is 9.26. The second kappa shape index (κ2) is 4.89. The van der Waals surface area contributed by atoms with E-state index in [1.165, 1.54) is 0 Å². The Bertz CT molecular complexity index is 368. The lowest BCUT2D eigenvalue weighted by Crippen LogP contribution is -2.40. The molecule has 1 aliphatic rings. The van der Waals surface area contributed by atoms with Crippen LogP contribution < -0.4 is 10.6 Å². The topological polar surface area (TPSA) is 24.1 Å². The molecule has 88 valence electrons. The van der Waals surface area contributed by atoms with Crippen molar-refractivity contribution in [2.75, 3.05) is 13.6 Å². The van der Waals surface area contributed by atoms with E-state index in [-0.39, 0.29) is 6.04 Å². The Morgan fingerprint density at radius 1 is 1.38 bits per heavy atom. The molecular formula is C12H16F2N2. The van der Waals surface area contributed by atoms with E-state index in [0.29, 0.717) is 11.6 Å². The molecule has 0 amide bonds. The summed E-state index contributed by atoms with van der Waals surface area (Å²) in [5.41, 5.74) is 0.431. The summed E-state index contributed by atoms with van der Waals surface area (Å²) in [6, 6.07) is 4.62. The molecule has 0 saturated carbocycles. The van der Waals surface area contributed by atoms with Gasteiger partial charge in [0, 0.05) is 17.6 Å². The Balaban J connectivity index is 2.20. The van der Waals surface area contributed by atoms with E-state index in [4.69, 9.17) is 0 Å². The van der Waals surface area contributed by atoms with Crippen LogP contribution in [0.3, 0.4) is 0 Å². The van der Waals surface area contributed by atoms with Crippen LogP contribution in [0.5, 0.6) is 0 Å². The van der Waals surface area contributed by atoms with Crippen LogP contribution in [0.15, 0.2) is 18.2 Å². The van der Waals surface area contributed by atoms with Gasteiger partial charge in [0.2, 0.25) is 0 Å². The minimum absolute atomic E-state index is 0.0955. The zero-order valence-corrected chi connectivity index (χ0v) is 9.26. The summed E-state index contributed by atoms with van der Waals surface area (Å²) >= 11 is 0. The monoisotopic (exact) mass is 226 g/mol. The fraction of sp³-hybridized carbons (Fsp3) is 0.500. The van der Waals surface area contributed by atoms with Crippen molar-refractivity contribution in [3.63, 3.8) is 0 Å². The van der Waals surface area contributed by atoms with Crippen LogP contribution in [0.25, 0.3) is 0 Å². The molecule has 1 saturated heterocycles. The number of hydrogen-bond donors (Lipinski definition) is 2. The van der Waals surface area contributed by atoms with Crippen molar-refractivity contribution in [1.82, 2.24) is 10.6 Å². The van der Waals surface area contributed by atoms with Crippen molar-refractivity contribution < 1.29 is 8.78 Å². The molecule has 0 aliphatic carbocycles. The van der Waals surface area contributed by atoms with E-state index in [0.717, 1.165) is 25.5 Å². The molecule has 4 heteroatoms. The second-order valence-corrected chi connectivity index (χ2v) is 4.16. The third-order valence-electron chi connectivity index (χ3n) is 3.17. The maximum absolute atomic E-state index is 13.6. The number of halogens is 2. The molecule has 0 bridgehead atoms. The van der Waals surface area contributed by atoms with E-state index in [9.17, 15) is 8.78 Å². The minimum atomic E-state index is -0.772. The molecule has 1 heterocycles. The van der Waals surface area contributed by atoms with Gasteiger partial charge in [-0.3, -0.25) is 0 Å². The van der Waals surface area contributed by atoms with Gasteiger partial charge < -0.3 is 10.6 Å². The Kier molecular flexibility index (Phi) is 3.51. The first-order chi connectivity index (χ1) is 7.72. The third-order valence-corrected chi connectivity index (χ3v) is 3.17. The van der Waals surface area contributed by atoms with Crippen LogP contribution in [0.2, 0.25) is 0 Å². The van der Waals surface area contributed by atoms with Gasteiger partial charge in [0.15, 0.2) is 11.6 Å². The van der Waals surface area contributed by atoms with Crippen molar-refractivity contribution in [1.29, 1.82) is 0 Å². The van der Waals surface area contributed by atoms with Crippen molar-refractivity contribution in [2.24, 2.45) is 0 Å². The standard InChI is InChI=1S/C12H16F2N2/c1-15-8-5-6-16-11(7-8)9-3-2-4-10(13)12(9)14/h2-4,8,11,15-16H,5-7H2,1H3/t8-,11+/m1/s1. The normalized spacial score (nSPS) is 25.7. The molecule has 2 N–H and O–H groups in total. The number of nitrogens with one attached hydrogen (secondary N) is 2. The maximum atomic E-state index is 13.6. The van der Waals surface area contributed by atoms with Gasteiger partial charge in [-0.2, -0.15) is 0 Å². The summed E-state index contributed by atoms with van der Waals surface area (Å²) in [5.74, 6) is -1.50. The first-order valence-electron chi connectivity index (χ1n) is 5.57. The molecule has 2 nitrogen and oxygen atoms in total.